The molecule has 18 valence electrons. The van der Waals surface area contributed by atoms with Crippen LogP contribution in [-0.4, -0.2) is 8.05 Å². The summed E-state index contributed by atoms with van der Waals surface area (Å²) >= 11 is 2.42. The summed E-state index contributed by atoms with van der Waals surface area (Å²) in [6.07, 6.45) is 0. The van der Waals surface area contributed by atoms with Gasteiger partial charge in [-0.05, 0) is 0 Å². The molecule has 0 aromatic carbocycles. The Hall–Kier alpha value is 1.10. The summed E-state index contributed by atoms with van der Waals surface area (Å²) < 4.78 is 3.56. The average molecular weight is 115 g/mol. The van der Waals surface area contributed by atoms with Gasteiger partial charge in [0.15, 0.2) is 0 Å². The van der Waals surface area contributed by atoms with E-state index in [1.165, 1.54) is 0 Å². The third-order valence-corrected chi connectivity index (χ3v) is 0. The Balaban J connectivity index is -0.0000000200. The summed E-state index contributed by atoms with van der Waals surface area (Å²) in [5.74, 6) is 0. The van der Waals surface area contributed by atoms with Crippen molar-refractivity contribution in [3.05, 3.63) is 0 Å². The molecular weight excluding hydrogens is 114 g/mol. The largest absolute Gasteiger partial charge is 1.00 e. The molecule has 4 heteroatoms. The van der Waals surface area contributed by atoms with Crippen LogP contribution in [0.2, 0.25) is 0 Å². The third-order valence-electron chi connectivity index (χ3n) is 0. The van der Waals surface area contributed by atoms with Crippen LogP contribution in [0.25, 0.3) is 0 Å². The average Bonchev–Trinajstić information content (AvgIpc) is 0.918. The van der Waals surface area contributed by atoms with E-state index in [1.807, 2.05) is 0 Å². The fourth-order valence-electron chi connectivity index (χ4n) is 0. The van der Waals surface area contributed by atoms with Gasteiger partial charge in [0.05, 0.1) is 16.3 Å². The van der Waals surface area contributed by atoms with E-state index in [0.717, 1.165) is 0 Å². The molecule has 0 aliphatic heterocycles. The van der Waals surface area contributed by atoms with Crippen molar-refractivity contribution in [1.82, 2.24) is 0 Å². The SMILES string of the molecule is [B]OBr.[H-].[Li+]. The number of hydrogen-bond donors (Lipinski definition) is 0. The fourth-order valence-corrected chi connectivity index (χ4v) is 0. The van der Waals surface area contributed by atoms with Crippen LogP contribution in [0.4, 0.5) is 0 Å². The zero-order valence-corrected chi connectivity index (χ0v) is 3.95. The van der Waals surface area contributed by atoms with Crippen molar-refractivity contribution in [1.29, 1.82) is 0 Å². The quantitative estimate of drug-likeness (QED) is 0.317. The molecule has 2 radical (unpaired) electrons. The van der Waals surface area contributed by atoms with Crippen molar-refractivity contribution in [2.45, 2.75) is 0 Å². The van der Waals surface area contributed by atoms with Gasteiger partial charge >= 0.3 is 26.9 Å². The van der Waals surface area contributed by atoms with E-state index in [2.05, 4.69) is 28.1 Å². The summed E-state index contributed by atoms with van der Waals surface area (Å²) in [6.45, 7) is 0. The molecule has 0 amide bonds. The first-order valence-corrected chi connectivity index (χ1v) is 1.04. The van der Waals surface area contributed by atoms with Gasteiger partial charge in [-0.3, -0.25) is 0 Å². The summed E-state index contributed by atoms with van der Waals surface area (Å²) in [7, 11) is 4.26. The summed E-state index contributed by atoms with van der Waals surface area (Å²) in [5.41, 5.74) is 0. The predicted molar refractivity (Wildman–Crippen MR) is 16.9 cm³/mol. The first-order chi connectivity index (χ1) is 1.41. The van der Waals surface area contributed by atoms with Crippen LogP contribution in [-0.2, 0) is 3.75 Å². The van der Waals surface area contributed by atoms with Crippen LogP contribution in [0.3, 0.4) is 0 Å². The number of hydrogen-bond acceptors (Lipinski definition) is 1. The Kier molecular flexibility index (Phi) is 19.9. The van der Waals surface area contributed by atoms with Crippen LogP contribution < -0.4 is 18.9 Å². The number of rotatable bonds is 0. The van der Waals surface area contributed by atoms with Gasteiger partial charge < -0.3 is 5.17 Å². The maximum absolute atomic E-state index is 4.26. The van der Waals surface area contributed by atoms with Crippen molar-refractivity contribution in [2.24, 2.45) is 0 Å². The van der Waals surface area contributed by atoms with Gasteiger partial charge in [-0.2, -0.15) is 0 Å². The van der Waals surface area contributed by atoms with E-state index < -0.39 is 0 Å². The molecule has 0 spiro atoms. The van der Waals surface area contributed by atoms with Gasteiger partial charge in [0.25, 0.3) is 0 Å². The molecule has 0 aromatic rings. The molecule has 0 unspecified atom stereocenters. The second-order valence-electron chi connectivity index (χ2n) is 0.0891. The van der Waals surface area contributed by atoms with Crippen LogP contribution in [0.15, 0.2) is 0 Å². The number of halogens is 1. The van der Waals surface area contributed by atoms with Gasteiger partial charge in [0.1, 0.15) is 0 Å². The van der Waals surface area contributed by atoms with E-state index in [1.54, 1.807) is 0 Å². The van der Waals surface area contributed by atoms with E-state index in [-0.39, 0.29) is 20.3 Å². The standard InChI is InChI=1S/BBrO.Li.H/c1-3-2;;/q;+1;-1. The van der Waals surface area contributed by atoms with Gasteiger partial charge in [-0.1, -0.05) is 0 Å². The first-order valence-electron chi connectivity index (χ1n) is 0.390. The first kappa shape index (κ1) is 8.92. The zero-order chi connectivity index (χ0) is 2.71. The van der Waals surface area contributed by atoms with E-state index in [9.17, 15) is 0 Å². The molecular formula is HBBrLiO. The van der Waals surface area contributed by atoms with E-state index in [0.29, 0.717) is 0 Å². The molecule has 0 aliphatic carbocycles. The van der Waals surface area contributed by atoms with Crippen molar-refractivity contribution in [2.75, 3.05) is 0 Å². The van der Waals surface area contributed by atoms with E-state index in [4.69, 9.17) is 0 Å². The Labute approximate surface area is 48.6 Å². The molecule has 0 bridgehead atoms. The molecule has 0 fully saturated rings. The molecule has 0 saturated heterocycles. The zero-order valence-electron chi connectivity index (χ0n) is 3.36. The Morgan fingerprint density at radius 3 is 2.00 bits per heavy atom. The normalized spacial score (nSPS) is 4.25. The van der Waals surface area contributed by atoms with Crippen molar-refractivity contribution >= 4 is 24.3 Å². The molecule has 0 heterocycles. The van der Waals surface area contributed by atoms with Crippen molar-refractivity contribution in [3.8, 4) is 0 Å². The predicted octanol–water partition coefficient (Wildman–Crippen LogP) is -2.49. The molecule has 0 rings (SSSR count). The van der Waals surface area contributed by atoms with Gasteiger partial charge in [-0.15, -0.1) is 0 Å². The smallest absolute Gasteiger partial charge is 1.00 e. The van der Waals surface area contributed by atoms with Crippen LogP contribution in [0.5, 0.6) is 0 Å². The van der Waals surface area contributed by atoms with Crippen LogP contribution in [0.1, 0.15) is 1.43 Å². The summed E-state index contributed by atoms with van der Waals surface area (Å²) in [5, 5.41) is 0. The second kappa shape index (κ2) is 8.93. The minimum Gasteiger partial charge on any atom is -1.00 e. The van der Waals surface area contributed by atoms with Crippen molar-refractivity contribution < 1.29 is 24.0 Å². The minimum absolute atomic E-state index is 0. The van der Waals surface area contributed by atoms with Gasteiger partial charge in [0.2, 0.25) is 0 Å². The molecule has 0 saturated carbocycles. The monoisotopic (exact) mass is 114 g/mol. The van der Waals surface area contributed by atoms with Gasteiger partial charge in [0, 0.05) is 0 Å². The summed E-state index contributed by atoms with van der Waals surface area (Å²) in [6, 6.07) is 0. The second-order valence-corrected chi connectivity index (χ2v) is 0.463. The molecule has 0 N–H and O–H groups in total. The third kappa shape index (κ3) is 11.3. The molecule has 0 aliphatic rings. The Morgan fingerprint density at radius 1 is 2.00 bits per heavy atom. The molecule has 4 heavy (non-hydrogen) atoms. The molecule has 0 aromatic heterocycles. The molecule has 1 nitrogen and oxygen atoms in total. The van der Waals surface area contributed by atoms with E-state index >= 15 is 0 Å². The maximum Gasteiger partial charge on any atom is 1.00 e. The fraction of sp³-hybridized carbons (Fsp3) is 0. The Morgan fingerprint density at radius 2 is 2.00 bits per heavy atom. The van der Waals surface area contributed by atoms with Gasteiger partial charge in [-0.25, -0.2) is 0 Å². The van der Waals surface area contributed by atoms with Crippen LogP contribution >= 0.6 is 16.3 Å². The van der Waals surface area contributed by atoms with Crippen molar-refractivity contribution in [3.63, 3.8) is 0 Å². The van der Waals surface area contributed by atoms with Crippen LogP contribution in [0, 0.1) is 0 Å². The minimum atomic E-state index is 0. The summed E-state index contributed by atoms with van der Waals surface area (Å²) in [4.78, 5) is 0. The Bertz CT molecular complexity index is 11.6. The molecule has 0 atom stereocenters. The maximum atomic E-state index is 4.26. The topological polar surface area (TPSA) is 9.23 Å².